The topological polar surface area (TPSA) is 59.1 Å². The zero-order valence-corrected chi connectivity index (χ0v) is 13.6. The minimum Gasteiger partial charge on any atom is -0.377 e. The number of hydrogen-bond acceptors (Lipinski definition) is 5. The van der Waals surface area contributed by atoms with E-state index in [2.05, 4.69) is 41.4 Å². The van der Waals surface area contributed by atoms with Gasteiger partial charge in [-0.25, -0.2) is 9.97 Å². The molecule has 1 heterocycles. The van der Waals surface area contributed by atoms with Gasteiger partial charge in [-0.1, -0.05) is 13.8 Å². The molecule has 3 atom stereocenters. The molecule has 2 N–H and O–H groups in total. The number of methoxy groups -OCH3 is 1. The Morgan fingerprint density at radius 2 is 2.00 bits per heavy atom. The molecule has 1 saturated carbocycles. The Morgan fingerprint density at radius 3 is 2.67 bits per heavy atom. The van der Waals surface area contributed by atoms with Crippen LogP contribution < -0.4 is 10.6 Å². The maximum Gasteiger partial charge on any atom is 0.158 e. The molecule has 0 spiro atoms. The summed E-state index contributed by atoms with van der Waals surface area (Å²) >= 11 is 0. The van der Waals surface area contributed by atoms with Crippen molar-refractivity contribution in [2.24, 2.45) is 11.8 Å². The molecule has 3 unspecified atom stereocenters. The predicted molar refractivity (Wildman–Crippen MR) is 86.5 cm³/mol. The summed E-state index contributed by atoms with van der Waals surface area (Å²) in [5, 5.41) is 6.86. The molecule has 5 heteroatoms. The minimum absolute atomic E-state index is 0.436. The lowest BCUT2D eigenvalue weighted by molar-refractivity contribution is 0.178. The van der Waals surface area contributed by atoms with Crippen molar-refractivity contribution in [1.82, 2.24) is 9.97 Å². The van der Waals surface area contributed by atoms with Gasteiger partial charge in [0.15, 0.2) is 5.82 Å². The highest BCUT2D eigenvalue weighted by Gasteiger charge is 2.25. The zero-order valence-electron chi connectivity index (χ0n) is 13.6. The first-order valence-corrected chi connectivity index (χ1v) is 7.99. The van der Waals surface area contributed by atoms with Crippen molar-refractivity contribution in [3.8, 4) is 0 Å². The Bertz CT molecular complexity index is 428. The van der Waals surface area contributed by atoms with Gasteiger partial charge in [0.2, 0.25) is 0 Å². The van der Waals surface area contributed by atoms with Crippen LogP contribution in [0.5, 0.6) is 0 Å². The number of rotatable bonds is 6. The summed E-state index contributed by atoms with van der Waals surface area (Å²) < 4.78 is 5.16. The minimum atomic E-state index is 0.436. The van der Waals surface area contributed by atoms with Crippen LogP contribution in [0.25, 0.3) is 0 Å². The molecule has 0 bridgehead atoms. The highest BCUT2D eigenvalue weighted by atomic mass is 16.5. The van der Waals surface area contributed by atoms with Crippen LogP contribution in [0.15, 0.2) is 6.07 Å². The van der Waals surface area contributed by atoms with Gasteiger partial charge in [0.1, 0.15) is 18.2 Å². The monoisotopic (exact) mass is 292 g/mol. The first kappa shape index (κ1) is 16.0. The summed E-state index contributed by atoms with van der Waals surface area (Å²) in [6.45, 7) is 8.02. The van der Waals surface area contributed by atoms with Crippen LogP contribution >= 0.6 is 0 Å². The number of hydrogen-bond donors (Lipinski definition) is 2. The van der Waals surface area contributed by atoms with Gasteiger partial charge in [0.25, 0.3) is 0 Å². The maximum absolute atomic E-state index is 5.16. The number of aromatic nitrogens is 2. The number of ether oxygens (including phenoxy) is 1. The van der Waals surface area contributed by atoms with Crippen LogP contribution in [0, 0.1) is 11.8 Å². The average molecular weight is 292 g/mol. The van der Waals surface area contributed by atoms with E-state index in [0.717, 1.165) is 29.9 Å². The Labute approximate surface area is 127 Å². The van der Waals surface area contributed by atoms with E-state index in [4.69, 9.17) is 4.74 Å². The first-order valence-electron chi connectivity index (χ1n) is 7.99. The highest BCUT2D eigenvalue weighted by molar-refractivity contribution is 5.48. The largest absolute Gasteiger partial charge is 0.377 e. The quantitative estimate of drug-likeness (QED) is 0.842. The van der Waals surface area contributed by atoms with Gasteiger partial charge in [-0.2, -0.15) is 0 Å². The van der Waals surface area contributed by atoms with Crippen LogP contribution in [-0.2, 0) is 11.3 Å². The van der Waals surface area contributed by atoms with Crippen molar-refractivity contribution in [2.45, 2.75) is 52.7 Å². The average Bonchev–Trinajstić information content (AvgIpc) is 2.42. The van der Waals surface area contributed by atoms with Gasteiger partial charge < -0.3 is 15.4 Å². The maximum atomic E-state index is 5.16. The Hall–Kier alpha value is -1.36. The fourth-order valence-electron chi connectivity index (χ4n) is 3.11. The highest BCUT2D eigenvalue weighted by Crippen LogP contribution is 2.30. The van der Waals surface area contributed by atoms with Crippen LogP contribution in [0.3, 0.4) is 0 Å². The van der Waals surface area contributed by atoms with E-state index < -0.39 is 0 Å². The van der Waals surface area contributed by atoms with Crippen LogP contribution in [0.2, 0.25) is 0 Å². The number of nitrogens with one attached hydrogen (secondary N) is 2. The molecule has 5 nitrogen and oxygen atoms in total. The van der Waals surface area contributed by atoms with Crippen molar-refractivity contribution in [1.29, 1.82) is 0 Å². The molecule has 118 valence electrons. The Morgan fingerprint density at radius 1 is 1.24 bits per heavy atom. The molecule has 0 amide bonds. The van der Waals surface area contributed by atoms with E-state index in [1.165, 1.54) is 19.3 Å². The molecule has 21 heavy (non-hydrogen) atoms. The lowest BCUT2D eigenvalue weighted by atomic mass is 9.80. The third kappa shape index (κ3) is 4.56. The Balaban J connectivity index is 2.10. The molecule has 0 saturated heterocycles. The van der Waals surface area contributed by atoms with E-state index in [-0.39, 0.29) is 0 Å². The molecule has 1 aromatic rings. The molecule has 0 radical (unpaired) electrons. The van der Waals surface area contributed by atoms with E-state index in [1.807, 2.05) is 6.07 Å². The number of anilines is 2. The summed E-state index contributed by atoms with van der Waals surface area (Å²) in [7, 11) is 1.67. The molecule has 0 aliphatic heterocycles. The second-order valence-corrected chi connectivity index (χ2v) is 6.16. The smallest absolute Gasteiger partial charge is 0.158 e. The Kier molecular flexibility index (Phi) is 5.79. The lowest BCUT2D eigenvalue weighted by Gasteiger charge is -2.33. The van der Waals surface area contributed by atoms with Crippen LogP contribution in [-0.4, -0.2) is 29.7 Å². The predicted octanol–water partition coefficient (Wildman–Crippen LogP) is 3.29. The second-order valence-electron chi connectivity index (χ2n) is 6.16. The van der Waals surface area contributed by atoms with Gasteiger partial charge >= 0.3 is 0 Å². The van der Waals surface area contributed by atoms with Crippen LogP contribution in [0.4, 0.5) is 11.6 Å². The van der Waals surface area contributed by atoms with Gasteiger partial charge in [-0.15, -0.1) is 0 Å². The van der Waals surface area contributed by atoms with E-state index in [1.54, 1.807) is 7.11 Å². The first-order chi connectivity index (χ1) is 10.1. The van der Waals surface area contributed by atoms with Crippen molar-refractivity contribution >= 4 is 11.6 Å². The van der Waals surface area contributed by atoms with Gasteiger partial charge in [0, 0.05) is 25.8 Å². The van der Waals surface area contributed by atoms with Crippen LogP contribution in [0.1, 0.15) is 45.9 Å². The fourth-order valence-corrected chi connectivity index (χ4v) is 3.11. The third-order valence-electron chi connectivity index (χ3n) is 4.17. The molecule has 2 rings (SSSR count). The molecule has 1 aliphatic rings. The van der Waals surface area contributed by atoms with Gasteiger partial charge in [0.05, 0.1) is 0 Å². The fraction of sp³-hybridized carbons (Fsp3) is 0.750. The summed E-state index contributed by atoms with van der Waals surface area (Å²) in [6, 6.07) is 2.49. The summed E-state index contributed by atoms with van der Waals surface area (Å²) in [5.74, 6) is 4.00. The molecular formula is C16H28N4O. The normalized spacial score (nSPS) is 25.6. The zero-order chi connectivity index (χ0) is 15.2. The van der Waals surface area contributed by atoms with Gasteiger partial charge in [-0.3, -0.25) is 0 Å². The van der Waals surface area contributed by atoms with Crippen molar-refractivity contribution in [3.05, 3.63) is 11.9 Å². The van der Waals surface area contributed by atoms with Crippen molar-refractivity contribution < 1.29 is 4.74 Å². The third-order valence-corrected chi connectivity index (χ3v) is 4.17. The molecule has 1 aliphatic carbocycles. The number of nitrogens with zero attached hydrogens (tertiary/aromatic N) is 2. The summed E-state index contributed by atoms with van der Waals surface area (Å²) in [4.78, 5) is 9.02. The van der Waals surface area contributed by atoms with E-state index in [9.17, 15) is 0 Å². The SMILES string of the molecule is CCNc1cc(NC2CCC(C)CC2C)nc(COC)n1. The molecule has 1 aromatic heterocycles. The van der Waals surface area contributed by atoms with Gasteiger partial charge in [-0.05, 0) is 38.0 Å². The second kappa shape index (κ2) is 7.59. The van der Waals surface area contributed by atoms with Crippen molar-refractivity contribution in [3.63, 3.8) is 0 Å². The molecular weight excluding hydrogens is 264 g/mol. The summed E-state index contributed by atoms with van der Waals surface area (Å²) in [6.07, 6.45) is 3.79. The summed E-state index contributed by atoms with van der Waals surface area (Å²) in [5.41, 5.74) is 0. The van der Waals surface area contributed by atoms with E-state index >= 15 is 0 Å². The van der Waals surface area contributed by atoms with Crippen molar-refractivity contribution in [2.75, 3.05) is 24.3 Å². The molecule has 0 aromatic carbocycles. The molecule has 1 fully saturated rings. The van der Waals surface area contributed by atoms with E-state index in [0.29, 0.717) is 18.6 Å². The standard InChI is InChI=1S/C16H28N4O/c1-5-17-14-9-15(20-16(19-14)10-21-4)18-13-7-6-11(2)8-12(13)3/h9,11-13H,5-8,10H2,1-4H3,(H2,17,18,19,20). The lowest BCUT2D eigenvalue weighted by Crippen LogP contribution is -2.33.